The molecule has 3 heteroatoms. The van der Waals surface area contributed by atoms with Gasteiger partial charge in [-0.2, -0.15) is 0 Å². The van der Waals surface area contributed by atoms with Crippen LogP contribution in [0.4, 0.5) is 8.78 Å². The van der Waals surface area contributed by atoms with Crippen molar-refractivity contribution in [2.45, 2.75) is 38.7 Å². The first-order valence-electron chi connectivity index (χ1n) is 5.72. The molecule has 1 aliphatic rings. The minimum Gasteiger partial charge on any atom is -0.388 e. The van der Waals surface area contributed by atoms with E-state index in [0.717, 1.165) is 12.8 Å². The van der Waals surface area contributed by atoms with Gasteiger partial charge in [0.25, 0.3) is 0 Å². The molecule has 1 saturated carbocycles. The zero-order valence-electron chi connectivity index (χ0n) is 9.34. The maximum atomic E-state index is 13.6. The van der Waals surface area contributed by atoms with E-state index in [4.69, 9.17) is 0 Å². The van der Waals surface area contributed by atoms with Crippen LogP contribution in [0.5, 0.6) is 0 Å². The number of benzene rings is 1. The number of halogens is 2. The van der Waals surface area contributed by atoms with Crippen molar-refractivity contribution in [1.29, 1.82) is 0 Å². The average molecular weight is 226 g/mol. The second-order valence-corrected chi connectivity index (χ2v) is 4.65. The molecule has 1 nitrogen and oxygen atoms in total. The smallest absolute Gasteiger partial charge is 0.164 e. The molecule has 1 atom stereocenters. The van der Waals surface area contributed by atoms with Crippen molar-refractivity contribution >= 4 is 0 Å². The Labute approximate surface area is 94.1 Å². The van der Waals surface area contributed by atoms with Crippen LogP contribution in [-0.4, -0.2) is 5.11 Å². The van der Waals surface area contributed by atoms with Gasteiger partial charge in [-0.15, -0.1) is 0 Å². The SMILES string of the molecule is Cc1ccc(C(O)CC2CCC2)c(F)c1F. The fourth-order valence-corrected chi connectivity index (χ4v) is 2.09. The second kappa shape index (κ2) is 4.50. The fraction of sp³-hybridized carbons (Fsp3) is 0.538. The highest BCUT2D eigenvalue weighted by molar-refractivity contribution is 5.27. The molecule has 1 N–H and O–H groups in total. The minimum atomic E-state index is -0.896. The van der Waals surface area contributed by atoms with E-state index in [1.165, 1.54) is 25.5 Å². The molecule has 0 aliphatic heterocycles. The molecule has 1 aliphatic carbocycles. The molecule has 0 spiro atoms. The summed E-state index contributed by atoms with van der Waals surface area (Å²) in [6.07, 6.45) is 3.03. The van der Waals surface area contributed by atoms with Crippen molar-refractivity contribution < 1.29 is 13.9 Å². The molecule has 2 rings (SSSR count). The third-order valence-electron chi connectivity index (χ3n) is 3.45. The van der Waals surface area contributed by atoms with E-state index < -0.39 is 17.7 Å². The molecule has 16 heavy (non-hydrogen) atoms. The van der Waals surface area contributed by atoms with Crippen molar-refractivity contribution in [2.75, 3.05) is 0 Å². The van der Waals surface area contributed by atoms with Gasteiger partial charge in [-0.05, 0) is 24.8 Å². The first-order valence-corrected chi connectivity index (χ1v) is 5.72. The summed E-state index contributed by atoms with van der Waals surface area (Å²) in [4.78, 5) is 0. The largest absolute Gasteiger partial charge is 0.388 e. The van der Waals surface area contributed by atoms with E-state index in [1.807, 2.05) is 0 Å². The van der Waals surface area contributed by atoms with Crippen LogP contribution in [0.1, 0.15) is 42.9 Å². The van der Waals surface area contributed by atoms with Crippen LogP contribution < -0.4 is 0 Å². The van der Waals surface area contributed by atoms with Gasteiger partial charge in [0.05, 0.1) is 6.10 Å². The van der Waals surface area contributed by atoms with Crippen molar-refractivity contribution in [3.63, 3.8) is 0 Å². The molecule has 0 amide bonds. The third-order valence-corrected chi connectivity index (χ3v) is 3.45. The lowest BCUT2D eigenvalue weighted by atomic mass is 9.80. The maximum absolute atomic E-state index is 13.6. The predicted octanol–water partition coefficient (Wildman–Crippen LogP) is 3.50. The number of aliphatic hydroxyl groups is 1. The standard InChI is InChI=1S/C13H16F2O/c1-8-5-6-10(13(15)12(8)14)11(16)7-9-3-2-4-9/h5-6,9,11,16H,2-4,7H2,1H3. The maximum Gasteiger partial charge on any atom is 0.164 e. The molecule has 1 aromatic carbocycles. The number of aliphatic hydroxyl groups excluding tert-OH is 1. The molecule has 1 fully saturated rings. The van der Waals surface area contributed by atoms with Crippen LogP contribution in [0.15, 0.2) is 12.1 Å². The van der Waals surface area contributed by atoms with E-state index in [1.54, 1.807) is 0 Å². The first-order chi connectivity index (χ1) is 7.59. The zero-order chi connectivity index (χ0) is 11.7. The Morgan fingerprint density at radius 2 is 2.00 bits per heavy atom. The van der Waals surface area contributed by atoms with Gasteiger partial charge in [0.15, 0.2) is 11.6 Å². The van der Waals surface area contributed by atoms with E-state index in [0.29, 0.717) is 12.3 Å². The third kappa shape index (κ3) is 2.09. The summed E-state index contributed by atoms with van der Waals surface area (Å²) in [5, 5.41) is 9.85. The van der Waals surface area contributed by atoms with Crippen LogP contribution in [0.3, 0.4) is 0 Å². The summed E-state index contributed by atoms with van der Waals surface area (Å²) in [6, 6.07) is 2.99. The lowest BCUT2D eigenvalue weighted by molar-refractivity contribution is 0.114. The molecular weight excluding hydrogens is 210 g/mol. The van der Waals surface area contributed by atoms with Crippen molar-refractivity contribution in [1.82, 2.24) is 0 Å². The highest BCUT2D eigenvalue weighted by Crippen LogP contribution is 2.35. The van der Waals surface area contributed by atoms with Gasteiger partial charge < -0.3 is 5.11 Å². The van der Waals surface area contributed by atoms with E-state index in [2.05, 4.69) is 0 Å². The Morgan fingerprint density at radius 3 is 2.56 bits per heavy atom. The zero-order valence-corrected chi connectivity index (χ0v) is 9.34. The molecule has 88 valence electrons. The van der Waals surface area contributed by atoms with Crippen molar-refractivity contribution in [3.05, 3.63) is 34.9 Å². The van der Waals surface area contributed by atoms with E-state index in [9.17, 15) is 13.9 Å². The lowest BCUT2D eigenvalue weighted by Crippen LogP contribution is -2.16. The van der Waals surface area contributed by atoms with Crippen LogP contribution in [0.2, 0.25) is 0 Å². The second-order valence-electron chi connectivity index (χ2n) is 4.65. The lowest BCUT2D eigenvalue weighted by Gasteiger charge is -2.27. The molecule has 0 radical (unpaired) electrons. The molecule has 1 unspecified atom stereocenters. The van der Waals surface area contributed by atoms with Crippen LogP contribution in [0, 0.1) is 24.5 Å². The Hall–Kier alpha value is -0.960. The van der Waals surface area contributed by atoms with Gasteiger partial charge in [-0.1, -0.05) is 31.4 Å². The first kappa shape index (κ1) is 11.5. The van der Waals surface area contributed by atoms with E-state index >= 15 is 0 Å². The topological polar surface area (TPSA) is 20.2 Å². The summed E-state index contributed by atoms with van der Waals surface area (Å²) in [5.74, 6) is -1.27. The minimum absolute atomic E-state index is 0.0926. The van der Waals surface area contributed by atoms with Crippen LogP contribution in [0.25, 0.3) is 0 Å². The highest BCUT2D eigenvalue weighted by atomic mass is 19.2. The number of hydrogen-bond acceptors (Lipinski definition) is 1. The number of rotatable bonds is 3. The Morgan fingerprint density at radius 1 is 1.31 bits per heavy atom. The molecule has 1 aromatic rings. The molecular formula is C13H16F2O. The van der Waals surface area contributed by atoms with Gasteiger partial charge in [0, 0.05) is 5.56 Å². The average Bonchev–Trinajstić information content (AvgIpc) is 2.20. The Kier molecular flexibility index (Phi) is 3.24. The van der Waals surface area contributed by atoms with Crippen LogP contribution in [-0.2, 0) is 0 Å². The van der Waals surface area contributed by atoms with Gasteiger partial charge in [0.2, 0.25) is 0 Å². The normalized spacial score (nSPS) is 18.2. The summed E-state index contributed by atoms with van der Waals surface area (Å²) in [5.41, 5.74) is 0.368. The van der Waals surface area contributed by atoms with E-state index in [-0.39, 0.29) is 11.1 Å². The summed E-state index contributed by atoms with van der Waals surface area (Å²) < 4.78 is 26.8. The fourth-order valence-electron chi connectivity index (χ4n) is 2.09. The van der Waals surface area contributed by atoms with Gasteiger partial charge in [-0.25, -0.2) is 8.78 Å². The molecule has 0 saturated heterocycles. The monoisotopic (exact) mass is 226 g/mol. The van der Waals surface area contributed by atoms with Crippen LogP contribution >= 0.6 is 0 Å². The quantitative estimate of drug-likeness (QED) is 0.836. The Bertz CT molecular complexity index is 386. The van der Waals surface area contributed by atoms with Gasteiger partial charge in [-0.3, -0.25) is 0 Å². The highest BCUT2D eigenvalue weighted by Gasteiger charge is 2.24. The molecule has 0 aromatic heterocycles. The molecule has 0 heterocycles. The van der Waals surface area contributed by atoms with Crippen molar-refractivity contribution in [3.8, 4) is 0 Å². The summed E-state index contributed by atoms with van der Waals surface area (Å²) in [6.45, 7) is 1.51. The predicted molar refractivity (Wildman–Crippen MR) is 58.0 cm³/mol. The van der Waals surface area contributed by atoms with Gasteiger partial charge in [0.1, 0.15) is 0 Å². The van der Waals surface area contributed by atoms with Gasteiger partial charge >= 0.3 is 0 Å². The molecule has 0 bridgehead atoms. The summed E-state index contributed by atoms with van der Waals surface area (Å²) >= 11 is 0. The summed E-state index contributed by atoms with van der Waals surface area (Å²) in [7, 11) is 0. The van der Waals surface area contributed by atoms with Crippen molar-refractivity contribution in [2.24, 2.45) is 5.92 Å². The Balaban J connectivity index is 2.15. The number of hydrogen-bond donors (Lipinski definition) is 1. The number of aryl methyl sites for hydroxylation is 1.